The summed E-state index contributed by atoms with van der Waals surface area (Å²) >= 11 is 12.2. The number of nitrogens with zero attached hydrogens (tertiary/aromatic N) is 2. The number of hydrogen-bond donors (Lipinski definition) is 0. The van der Waals surface area contributed by atoms with E-state index in [1.54, 1.807) is 0 Å². The summed E-state index contributed by atoms with van der Waals surface area (Å²) < 4.78 is 2.04. The lowest BCUT2D eigenvalue weighted by Gasteiger charge is -2.13. The summed E-state index contributed by atoms with van der Waals surface area (Å²) in [5.74, 6) is 1.01. The van der Waals surface area contributed by atoms with Crippen LogP contribution in [0.5, 0.6) is 0 Å². The fourth-order valence-corrected chi connectivity index (χ4v) is 2.82. The first-order valence-corrected chi connectivity index (χ1v) is 8.38. The number of hydrogen-bond acceptors (Lipinski definition) is 1. The van der Waals surface area contributed by atoms with Crippen LogP contribution in [-0.4, -0.2) is 15.7 Å². The quantitative estimate of drug-likeness (QED) is 0.644. The fraction of sp³-hybridized carbons (Fsp3) is 0.471. The molecule has 0 amide bonds. The van der Waals surface area contributed by atoms with Gasteiger partial charge in [0.15, 0.2) is 0 Å². The molecule has 0 aliphatic carbocycles. The number of rotatable bonds is 7. The van der Waals surface area contributed by atoms with Gasteiger partial charge in [-0.3, -0.25) is 4.68 Å². The molecule has 0 spiro atoms. The van der Waals surface area contributed by atoms with Crippen molar-refractivity contribution < 1.29 is 0 Å². The molecular formula is C17H22Cl2N2. The molecule has 0 radical (unpaired) electrons. The van der Waals surface area contributed by atoms with Crippen molar-refractivity contribution in [2.75, 3.05) is 5.88 Å². The molecule has 1 aromatic carbocycles. The molecule has 2 rings (SSSR count). The largest absolute Gasteiger partial charge is 0.270 e. The summed E-state index contributed by atoms with van der Waals surface area (Å²) in [4.78, 5) is 0. The topological polar surface area (TPSA) is 17.8 Å². The summed E-state index contributed by atoms with van der Waals surface area (Å²) in [7, 11) is 0. The highest BCUT2D eigenvalue weighted by atomic mass is 35.5. The summed E-state index contributed by atoms with van der Waals surface area (Å²) in [6.07, 6.45) is 4.98. The molecule has 2 unspecified atom stereocenters. The molecule has 2 nitrogen and oxygen atoms in total. The zero-order valence-corrected chi connectivity index (χ0v) is 14.1. The molecule has 4 heteroatoms. The molecule has 0 bridgehead atoms. The lowest BCUT2D eigenvalue weighted by Crippen LogP contribution is -2.12. The van der Waals surface area contributed by atoms with Crippen molar-refractivity contribution in [3.05, 3.63) is 52.8 Å². The van der Waals surface area contributed by atoms with E-state index in [0.717, 1.165) is 30.0 Å². The van der Waals surface area contributed by atoms with Crippen LogP contribution in [0, 0.1) is 5.92 Å². The average molecular weight is 325 g/mol. The van der Waals surface area contributed by atoms with Crippen LogP contribution in [0.25, 0.3) is 0 Å². The van der Waals surface area contributed by atoms with Gasteiger partial charge in [0.05, 0.1) is 5.69 Å². The second kappa shape index (κ2) is 7.86. The fourth-order valence-electron chi connectivity index (χ4n) is 2.39. The molecule has 0 saturated carbocycles. The zero-order valence-electron chi connectivity index (χ0n) is 12.6. The van der Waals surface area contributed by atoms with Gasteiger partial charge in [-0.2, -0.15) is 5.10 Å². The van der Waals surface area contributed by atoms with Crippen LogP contribution in [0.2, 0.25) is 5.02 Å². The van der Waals surface area contributed by atoms with Crippen LogP contribution in [0.4, 0.5) is 0 Å². The minimum atomic E-state index is 0.380. The van der Waals surface area contributed by atoms with E-state index in [1.807, 2.05) is 22.9 Å². The Balaban J connectivity index is 2.00. The first-order valence-electron chi connectivity index (χ1n) is 7.46. The average Bonchev–Trinajstić information content (AvgIpc) is 2.94. The molecule has 1 aromatic heterocycles. The van der Waals surface area contributed by atoms with Gasteiger partial charge in [0.2, 0.25) is 0 Å². The summed E-state index contributed by atoms with van der Waals surface area (Å²) in [5.41, 5.74) is 2.34. The molecule has 0 aliphatic heterocycles. The Kier molecular flexibility index (Phi) is 6.13. The maximum atomic E-state index is 6.14. The number of halogens is 2. The molecule has 2 aromatic rings. The second-order valence-corrected chi connectivity index (χ2v) is 6.35. The molecule has 2 atom stereocenters. The third kappa shape index (κ3) is 4.76. The standard InChI is InChI=1S/C17H22Cl2N2/c1-3-13(2)21-8-7-17(20-21)11-15(12-18)9-14-5-4-6-16(19)10-14/h4-8,10,13,15H,3,9,11-12H2,1-2H3. The molecule has 21 heavy (non-hydrogen) atoms. The lowest BCUT2D eigenvalue weighted by molar-refractivity contribution is 0.468. The Bertz CT molecular complexity index is 565. The highest BCUT2D eigenvalue weighted by Crippen LogP contribution is 2.19. The molecule has 114 valence electrons. The minimum Gasteiger partial charge on any atom is -0.270 e. The van der Waals surface area contributed by atoms with Gasteiger partial charge in [0.1, 0.15) is 0 Å². The second-order valence-electron chi connectivity index (χ2n) is 5.60. The van der Waals surface area contributed by atoms with E-state index < -0.39 is 0 Å². The number of alkyl halides is 1. The normalized spacial score (nSPS) is 14.1. The van der Waals surface area contributed by atoms with Gasteiger partial charge >= 0.3 is 0 Å². The molecule has 0 saturated heterocycles. The van der Waals surface area contributed by atoms with Gasteiger partial charge in [-0.05, 0) is 55.9 Å². The van der Waals surface area contributed by atoms with Crippen LogP contribution >= 0.6 is 23.2 Å². The van der Waals surface area contributed by atoms with E-state index in [0.29, 0.717) is 17.8 Å². The lowest BCUT2D eigenvalue weighted by atomic mass is 9.96. The van der Waals surface area contributed by atoms with E-state index in [-0.39, 0.29) is 0 Å². The first kappa shape index (κ1) is 16.4. The molecule has 1 heterocycles. The van der Waals surface area contributed by atoms with Crippen molar-refractivity contribution in [1.82, 2.24) is 9.78 Å². The molecular weight excluding hydrogens is 303 g/mol. The Morgan fingerprint density at radius 1 is 1.24 bits per heavy atom. The Labute approximate surface area is 137 Å². The van der Waals surface area contributed by atoms with Crippen molar-refractivity contribution >= 4 is 23.2 Å². The maximum Gasteiger partial charge on any atom is 0.0628 e. The van der Waals surface area contributed by atoms with E-state index in [9.17, 15) is 0 Å². The molecule has 0 aliphatic rings. The maximum absolute atomic E-state index is 6.14. The third-order valence-electron chi connectivity index (χ3n) is 3.84. The van der Waals surface area contributed by atoms with Crippen molar-refractivity contribution in [3.63, 3.8) is 0 Å². The van der Waals surface area contributed by atoms with Gasteiger partial charge in [-0.15, -0.1) is 11.6 Å². The van der Waals surface area contributed by atoms with Gasteiger partial charge in [0, 0.05) is 23.1 Å². The summed E-state index contributed by atoms with van der Waals surface area (Å²) in [5, 5.41) is 5.44. The SMILES string of the molecule is CCC(C)n1ccc(CC(CCl)Cc2cccc(Cl)c2)n1. The minimum absolute atomic E-state index is 0.380. The van der Waals surface area contributed by atoms with Crippen LogP contribution in [0.3, 0.4) is 0 Å². The van der Waals surface area contributed by atoms with E-state index in [1.165, 1.54) is 5.56 Å². The van der Waals surface area contributed by atoms with Gasteiger partial charge < -0.3 is 0 Å². The predicted octanol–water partition coefficient (Wildman–Crippen LogP) is 5.15. The summed E-state index contributed by atoms with van der Waals surface area (Å²) in [6, 6.07) is 10.5. The third-order valence-corrected chi connectivity index (χ3v) is 4.51. The zero-order chi connectivity index (χ0) is 15.2. The van der Waals surface area contributed by atoms with Crippen LogP contribution in [0.1, 0.15) is 37.6 Å². The van der Waals surface area contributed by atoms with E-state index in [4.69, 9.17) is 23.2 Å². The smallest absolute Gasteiger partial charge is 0.0628 e. The van der Waals surface area contributed by atoms with E-state index in [2.05, 4.69) is 37.3 Å². The van der Waals surface area contributed by atoms with Crippen molar-refractivity contribution in [3.8, 4) is 0 Å². The monoisotopic (exact) mass is 324 g/mol. The number of benzene rings is 1. The van der Waals surface area contributed by atoms with Crippen molar-refractivity contribution in [1.29, 1.82) is 0 Å². The van der Waals surface area contributed by atoms with Crippen molar-refractivity contribution in [2.45, 2.75) is 39.2 Å². The van der Waals surface area contributed by atoms with E-state index >= 15 is 0 Å². The van der Waals surface area contributed by atoms with Crippen molar-refractivity contribution in [2.24, 2.45) is 5.92 Å². The Morgan fingerprint density at radius 3 is 2.71 bits per heavy atom. The number of aromatic nitrogens is 2. The van der Waals surface area contributed by atoms with Crippen LogP contribution in [0.15, 0.2) is 36.5 Å². The Hall–Kier alpha value is -0.990. The first-order chi connectivity index (χ1) is 10.1. The van der Waals surface area contributed by atoms with Crippen LogP contribution in [-0.2, 0) is 12.8 Å². The predicted molar refractivity (Wildman–Crippen MR) is 90.3 cm³/mol. The molecule has 0 N–H and O–H groups in total. The highest BCUT2D eigenvalue weighted by Gasteiger charge is 2.13. The molecule has 0 fully saturated rings. The van der Waals surface area contributed by atoms with Gasteiger partial charge in [-0.25, -0.2) is 0 Å². The van der Waals surface area contributed by atoms with Gasteiger partial charge in [0.25, 0.3) is 0 Å². The highest BCUT2D eigenvalue weighted by molar-refractivity contribution is 6.30. The van der Waals surface area contributed by atoms with Gasteiger partial charge in [-0.1, -0.05) is 30.7 Å². The van der Waals surface area contributed by atoms with Crippen LogP contribution < -0.4 is 0 Å². The Morgan fingerprint density at radius 2 is 2.05 bits per heavy atom. The summed E-state index contributed by atoms with van der Waals surface area (Å²) in [6.45, 7) is 4.36.